The van der Waals surface area contributed by atoms with Crippen molar-refractivity contribution in [3.63, 3.8) is 0 Å². The summed E-state index contributed by atoms with van der Waals surface area (Å²) >= 11 is 6.28. The molecule has 0 saturated heterocycles. The van der Waals surface area contributed by atoms with Crippen molar-refractivity contribution in [3.05, 3.63) is 58.4 Å². The molecule has 3 rings (SSSR count). The Kier molecular flexibility index (Phi) is 7.63. The average molecular weight is 474 g/mol. The van der Waals surface area contributed by atoms with Crippen molar-refractivity contribution in [2.45, 2.75) is 25.1 Å². The van der Waals surface area contributed by atoms with Gasteiger partial charge in [-0.25, -0.2) is 0 Å². The van der Waals surface area contributed by atoms with E-state index in [0.29, 0.717) is 35.8 Å². The maximum absolute atomic E-state index is 13.0. The summed E-state index contributed by atoms with van der Waals surface area (Å²) < 4.78 is 43.8. The minimum Gasteiger partial charge on any atom is -0.496 e. The number of methoxy groups -OCH3 is 1. The van der Waals surface area contributed by atoms with Gasteiger partial charge in [0.2, 0.25) is 0 Å². The first-order valence-electron chi connectivity index (χ1n) is 9.71. The van der Waals surface area contributed by atoms with Gasteiger partial charge in [0.1, 0.15) is 11.9 Å². The second-order valence-corrected chi connectivity index (χ2v) is 7.61. The lowest BCUT2D eigenvalue weighted by Crippen LogP contribution is -2.43. The zero-order valence-electron chi connectivity index (χ0n) is 17.1. The third-order valence-corrected chi connectivity index (χ3v) is 5.40. The number of hydrogen-bond acceptors (Lipinski definition) is 7. The summed E-state index contributed by atoms with van der Waals surface area (Å²) in [7, 11) is 1.15. The second-order valence-electron chi connectivity index (χ2n) is 7.20. The lowest BCUT2D eigenvalue weighted by atomic mass is 10.0. The minimum absolute atomic E-state index is 0.278. The van der Waals surface area contributed by atoms with Crippen molar-refractivity contribution >= 4 is 22.9 Å². The van der Waals surface area contributed by atoms with Gasteiger partial charge >= 0.3 is 6.18 Å². The summed E-state index contributed by atoms with van der Waals surface area (Å²) in [5.74, 6) is -0.342. The molecule has 2 atom stereocenters. The molecule has 1 unspecified atom stereocenters. The van der Waals surface area contributed by atoms with Crippen LogP contribution in [-0.2, 0) is 6.18 Å². The van der Waals surface area contributed by atoms with E-state index in [9.17, 15) is 23.4 Å². The van der Waals surface area contributed by atoms with E-state index in [2.05, 4.69) is 10.3 Å². The third kappa shape index (κ3) is 5.51. The van der Waals surface area contributed by atoms with Crippen molar-refractivity contribution in [3.8, 4) is 5.75 Å². The highest BCUT2D eigenvalue weighted by molar-refractivity contribution is 6.32. The first-order chi connectivity index (χ1) is 15.1. The van der Waals surface area contributed by atoms with Crippen LogP contribution in [0.3, 0.4) is 0 Å². The standard InChI is InChI=1S/C21H23ClF3N3O4/c1-32-18-9-14(2-3-15(18)21(23,24)25)27-20(31)28-6-4-12(5-7-28)19-16(22)8-13(10-26-19)17(30)11-29/h2-4,8-10,17,20,27,29-31H,5-7,11H2,1H3/t17-,20?/m1/s1. The van der Waals surface area contributed by atoms with Crippen LogP contribution in [0.2, 0.25) is 5.02 Å². The number of aromatic nitrogens is 1. The minimum atomic E-state index is -4.54. The average Bonchev–Trinajstić information content (AvgIpc) is 2.77. The van der Waals surface area contributed by atoms with E-state index < -0.39 is 30.8 Å². The summed E-state index contributed by atoms with van der Waals surface area (Å²) in [6.07, 6.45) is -2.93. The smallest absolute Gasteiger partial charge is 0.419 e. The highest BCUT2D eigenvalue weighted by Crippen LogP contribution is 2.37. The summed E-state index contributed by atoms with van der Waals surface area (Å²) in [5, 5.41) is 32.3. The quantitative estimate of drug-likeness (QED) is 0.458. The third-order valence-electron chi connectivity index (χ3n) is 5.11. The Labute approximate surface area is 187 Å². The number of aliphatic hydroxyl groups excluding tert-OH is 3. The molecule has 2 aromatic rings. The second kappa shape index (κ2) is 10.1. The van der Waals surface area contributed by atoms with Gasteiger partial charge in [-0.15, -0.1) is 0 Å². The van der Waals surface area contributed by atoms with Crippen molar-refractivity contribution in [2.75, 3.05) is 32.1 Å². The molecule has 1 aliphatic heterocycles. The fourth-order valence-electron chi connectivity index (χ4n) is 3.35. The Morgan fingerprint density at radius 1 is 1.28 bits per heavy atom. The fraction of sp³-hybridized carbons (Fsp3) is 0.381. The fourth-order valence-corrected chi connectivity index (χ4v) is 3.65. The number of rotatable bonds is 7. The van der Waals surface area contributed by atoms with Crippen LogP contribution in [0.4, 0.5) is 18.9 Å². The lowest BCUT2D eigenvalue weighted by Gasteiger charge is -2.31. The molecule has 1 aromatic heterocycles. The zero-order chi connectivity index (χ0) is 23.5. The number of ether oxygens (including phenoxy) is 1. The number of halogens is 4. The lowest BCUT2D eigenvalue weighted by molar-refractivity contribution is -0.138. The van der Waals surface area contributed by atoms with Gasteiger partial charge in [0.05, 0.1) is 30.0 Å². The van der Waals surface area contributed by atoms with E-state index in [4.69, 9.17) is 21.4 Å². The van der Waals surface area contributed by atoms with Gasteiger partial charge in [0.25, 0.3) is 0 Å². The van der Waals surface area contributed by atoms with Gasteiger partial charge < -0.3 is 25.4 Å². The number of aliphatic hydroxyl groups is 3. The first-order valence-corrected chi connectivity index (χ1v) is 10.1. The normalized spacial score (nSPS) is 16.9. The highest BCUT2D eigenvalue weighted by atomic mass is 35.5. The van der Waals surface area contributed by atoms with Gasteiger partial charge in [-0.05, 0) is 30.2 Å². The molecule has 0 amide bonds. The number of anilines is 1. The molecule has 11 heteroatoms. The first kappa shape index (κ1) is 24.3. The monoisotopic (exact) mass is 473 g/mol. The molecule has 32 heavy (non-hydrogen) atoms. The maximum Gasteiger partial charge on any atom is 0.419 e. The van der Waals surface area contributed by atoms with Crippen LogP contribution in [0.5, 0.6) is 5.75 Å². The molecule has 0 fully saturated rings. The van der Waals surface area contributed by atoms with Crippen LogP contribution >= 0.6 is 11.6 Å². The Morgan fingerprint density at radius 3 is 2.59 bits per heavy atom. The summed E-state index contributed by atoms with van der Waals surface area (Å²) in [4.78, 5) is 5.97. The Hall–Kier alpha value is -2.37. The van der Waals surface area contributed by atoms with Crippen molar-refractivity contribution < 1.29 is 33.2 Å². The van der Waals surface area contributed by atoms with Crippen molar-refractivity contribution in [2.24, 2.45) is 0 Å². The molecule has 0 aliphatic carbocycles. The summed E-state index contributed by atoms with van der Waals surface area (Å²) in [6, 6.07) is 4.86. The van der Waals surface area contributed by atoms with Crippen LogP contribution in [0.15, 0.2) is 36.5 Å². The van der Waals surface area contributed by atoms with Gasteiger partial charge in [0.15, 0.2) is 6.35 Å². The van der Waals surface area contributed by atoms with Crippen molar-refractivity contribution in [1.82, 2.24) is 9.88 Å². The number of hydrogen-bond donors (Lipinski definition) is 4. The Bertz CT molecular complexity index is 987. The number of nitrogens with zero attached hydrogens (tertiary/aromatic N) is 2. The Morgan fingerprint density at radius 2 is 2.03 bits per heavy atom. The van der Waals surface area contributed by atoms with Crippen molar-refractivity contribution in [1.29, 1.82) is 0 Å². The molecule has 1 aliphatic rings. The van der Waals surface area contributed by atoms with Crippen LogP contribution < -0.4 is 10.1 Å². The van der Waals surface area contributed by atoms with E-state index in [1.165, 1.54) is 18.3 Å². The van der Waals surface area contributed by atoms with Crippen LogP contribution in [0.1, 0.15) is 29.3 Å². The number of nitrogens with one attached hydrogen (secondary N) is 1. The van der Waals surface area contributed by atoms with Gasteiger partial charge in [0, 0.05) is 36.6 Å². The highest BCUT2D eigenvalue weighted by Gasteiger charge is 2.34. The van der Waals surface area contributed by atoms with E-state index >= 15 is 0 Å². The van der Waals surface area contributed by atoms with E-state index in [1.807, 2.05) is 6.08 Å². The maximum atomic E-state index is 13.0. The topological polar surface area (TPSA) is 98.1 Å². The molecule has 2 heterocycles. The molecule has 0 spiro atoms. The van der Waals surface area contributed by atoms with Gasteiger partial charge in [-0.1, -0.05) is 17.7 Å². The van der Waals surface area contributed by atoms with E-state index in [-0.39, 0.29) is 11.4 Å². The molecule has 0 bridgehead atoms. The summed E-state index contributed by atoms with van der Waals surface area (Å²) in [6.45, 7) is 0.349. The summed E-state index contributed by atoms with van der Waals surface area (Å²) in [5.41, 5.74) is 1.20. The molecule has 174 valence electrons. The molecule has 1 aromatic carbocycles. The van der Waals surface area contributed by atoms with Crippen LogP contribution in [0, 0.1) is 0 Å². The number of alkyl halides is 3. The van der Waals surface area contributed by atoms with E-state index in [1.54, 1.807) is 11.0 Å². The number of benzene rings is 1. The van der Waals surface area contributed by atoms with Gasteiger partial charge in [-0.2, -0.15) is 13.2 Å². The Balaban J connectivity index is 1.67. The molecule has 7 nitrogen and oxygen atoms in total. The molecular weight excluding hydrogens is 451 g/mol. The SMILES string of the molecule is COc1cc(NC(O)N2CC=C(c3ncc([C@H](O)CO)cc3Cl)CC2)ccc1C(F)(F)F. The molecule has 0 saturated carbocycles. The number of pyridine rings is 1. The predicted octanol–water partition coefficient (Wildman–Crippen LogP) is 3.27. The van der Waals surface area contributed by atoms with Gasteiger partial charge in [-0.3, -0.25) is 9.88 Å². The predicted molar refractivity (Wildman–Crippen MR) is 113 cm³/mol. The van der Waals surface area contributed by atoms with Crippen LogP contribution in [-0.4, -0.2) is 58.4 Å². The molecule has 4 N–H and O–H groups in total. The zero-order valence-corrected chi connectivity index (χ0v) is 17.9. The van der Waals surface area contributed by atoms with Crippen LogP contribution in [0.25, 0.3) is 5.57 Å². The molecular formula is C21H23ClF3N3O4. The van der Waals surface area contributed by atoms with E-state index in [0.717, 1.165) is 18.7 Å². The largest absolute Gasteiger partial charge is 0.496 e. The molecule has 0 radical (unpaired) electrons.